The van der Waals surface area contributed by atoms with Gasteiger partial charge in [-0.05, 0) is 32.9 Å². The van der Waals surface area contributed by atoms with Crippen LogP contribution in [0.15, 0.2) is 18.2 Å². The zero-order valence-corrected chi connectivity index (χ0v) is 12.0. The Hall–Kier alpha value is -2.24. The maximum Gasteiger partial charge on any atom is 0.408 e. The number of ether oxygens (including phenoxy) is 2. The molecular formula is C14H19NO5. The molecule has 0 aromatic heterocycles. The van der Waals surface area contributed by atoms with Gasteiger partial charge in [-0.2, -0.15) is 0 Å². The highest BCUT2D eigenvalue weighted by Crippen LogP contribution is 2.28. The Kier molecular flexibility index (Phi) is 4.96. The van der Waals surface area contributed by atoms with Gasteiger partial charge in [0.15, 0.2) is 0 Å². The van der Waals surface area contributed by atoms with Crippen molar-refractivity contribution in [3.05, 3.63) is 23.8 Å². The second kappa shape index (κ2) is 6.27. The molecule has 0 heterocycles. The van der Waals surface area contributed by atoms with E-state index in [9.17, 15) is 14.7 Å². The summed E-state index contributed by atoms with van der Waals surface area (Å²) in [6, 6.07) is 3.36. The molecule has 1 aromatic carbocycles. The smallest absolute Gasteiger partial charge is 0.408 e. The number of nitrogens with one attached hydrogen (secondary N) is 1. The lowest BCUT2D eigenvalue weighted by molar-refractivity contribution is -0.109. The van der Waals surface area contributed by atoms with E-state index in [1.807, 2.05) is 0 Å². The Bertz CT molecular complexity index is 493. The van der Waals surface area contributed by atoms with Gasteiger partial charge in [-0.3, -0.25) is 0 Å². The molecule has 6 nitrogen and oxygen atoms in total. The predicted octanol–water partition coefficient (Wildman–Crippen LogP) is 2.17. The molecule has 0 aliphatic heterocycles. The number of phenolic OH excluding ortho intramolecular Hbond substituents is 1. The van der Waals surface area contributed by atoms with E-state index in [4.69, 9.17) is 9.47 Å². The molecule has 1 atom stereocenters. The number of phenols is 1. The molecule has 0 bridgehead atoms. The normalized spacial score (nSPS) is 12.4. The lowest BCUT2D eigenvalue weighted by atomic mass is 10.1. The molecule has 1 amide bonds. The van der Waals surface area contributed by atoms with Gasteiger partial charge in [0.05, 0.1) is 7.11 Å². The van der Waals surface area contributed by atoms with Crippen LogP contribution in [0.2, 0.25) is 0 Å². The number of carbonyl (C=O) groups excluding carboxylic acids is 2. The quantitative estimate of drug-likeness (QED) is 0.826. The fraction of sp³-hybridized carbons (Fsp3) is 0.429. The van der Waals surface area contributed by atoms with E-state index in [2.05, 4.69) is 5.32 Å². The van der Waals surface area contributed by atoms with Crippen LogP contribution in [-0.4, -0.2) is 30.2 Å². The highest BCUT2D eigenvalue weighted by Gasteiger charge is 2.22. The van der Waals surface area contributed by atoms with Crippen molar-refractivity contribution < 1.29 is 24.2 Å². The van der Waals surface area contributed by atoms with E-state index in [-0.39, 0.29) is 5.75 Å². The molecule has 20 heavy (non-hydrogen) atoms. The zero-order chi connectivity index (χ0) is 15.3. The molecular weight excluding hydrogens is 262 g/mol. The van der Waals surface area contributed by atoms with Gasteiger partial charge in [0.1, 0.15) is 29.4 Å². The Morgan fingerprint density at radius 2 is 2.05 bits per heavy atom. The third-order valence-corrected chi connectivity index (χ3v) is 2.36. The molecule has 1 unspecified atom stereocenters. The van der Waals surface area contributed by atoms with E-state index in [0.29, 0.717) is 17.6 Å². The van der Waals surface area contributed by atoms with Crippen LogP contribution in [0, 0.1) is 0 Å². The summed E-state index contributed by atoms with van der Waals surface area (Å²) in [6.45, 7) is 5.18. The third-order valence-electron chi connectivity index (χ3n) is 2.36. The number of rotatable bonds is 4. The summed E-state index contributed by atoms with van der Waals surface area (Å²) in [6.07, 6.45) is -0.136. The van der Waals surface area contributed by atoms with Crippen molar-refractivity contribution in [2.75, 3.05) is 7.11 Å². The molecule has 0 radical (unpaired) electrons. The van der Waals surface area contributed by atoms with Crippen molar-refractivity contribution in [2.24, 2.45) is 0 Å². The number of carbonyl (C=O) groups is 2. The topological polar surface area (TPSA) is 84.9 Å². The summed E-state index contributed by atoms with van der Waals surface area (Å²) in [4.78, 5) is 22.9. The standard InChI is InChI=1S/C14H19NO5/c1-14(2,3)20-13(18)15-11(8-16)10-6-5-9(17)7-12(10)19-4/h5-8,11,17H,1-4H3,(H,15,18). The minimum atomic E-state index is -0.916. The van der Waals surface area contributed by atoms with Gasteiger partial charge in [-0.15, -0.1) is 0 Å². The van der Waals surface area contributed by atoms with Crippen molar-refractivity contribution in [3.8, 4) is 11.5 Å². The first kappa shape index (κ1) is 15.8. The van der Waals surface area contributed by atoms with Gasteiger partial charge in [-0.1, -0.05) is 0 Å². The number of aromatic hydroxyl groups is 1. The van der Waals surface area contributed by atoms with Crippen molar-refractivity contribution in [1.82, 2.24) is 5.32 Å². The molecule has 0 spiro atoms. The molecule has 0 saturated heterocycles. The van der Waals surface area contributed by atoms with Crippen LogP contribution in [0.4, 0.5) is 4.79 Å². The van der Waals surface area contributed by atoms with Gasteiger partial charge in [0.2, 0.25) is 0 Å². The largest absolute Gasteiger partial charge is 0.508 e. The van der Waals surface area contributed by atoms with Crippen molar-refractivity contribution in [3.63, 3.8) is 0 Å². The lowest BCUT2D eigenvalue weighted by Crippen LogP contribution is -2.35. The summed E-state index contributed by atoms with van der Waals surface area (Å²) in [5.74, 6) is 0.311. The Morgan fingerprint density at radius 3 is 2.55 bits per heavy atom. The number of amides is 1. The van der Waals surface area contributed by atoms with Crippen LogP contribution in [0.1, 0.15) is 32.4 Å². The molecule has 0 fully saturated rings. The SMILES string of the molecule is COc1cc(O)ccc1C(C=O)NC(=O)OC(C)(C)C. The van der Waals surface area contributed by atoms with Crippen LogP contribution in [0.3, 0.4) is 0 Å². The second-order valence-corrected chi connectivity index (χ2v) is 5.19. The van der Waals surface area contributed by atoms with Crippen LogP contribution >= 0.6 is 0 Å². The fourth-order valence-electron chi connectivity index (χ4n) is 1.58. The van der Waals surface area contributed by atoms with E-state index in [0.717, 1.165) is 0 Å². The first-order valence-corrected chi connectivity index (χ1v) is 6.08. The van der Waals surface area contributed by atoms with Crippen LogP contribution in [-0.2, 0) is 9.53 Å². The van der Waals surface area contributed by atoms with Crippen LogP contribution < -0.4 is 10.1 Å². The number of hydrogen-bond acceptors (Lipinski definition) is 5. The zero-order valence-electron chi connectivity index (χ0n) is 12.0. The minimum absolute atomic E-state index is 0.00696. The van der Waals surface area contributed by atoms with Gasteiger partial charge in [0.25, 0.3) is 0 Å². The summed E-state index contributed by atoms with van der Waals surface area (Å²) in [5, 5.41) is 11.8. The average Bonchev–Trinajstić information content (AvgIpc) is 2.34. The number of alkyl carbamates (subject to hydrolysis) is 1. The molecule has 0 saturated carbocycles. The van der Waals surface area contributed by atoms with E-state index in [1.54, 1.807) is 20.8 Å². The first-order chi connectivity index (χ1) is 9.26. The molecule has 110 valence electrons. The van der Waals surface area contributed by atoms with Gasteiger partial charge in [-0.25, -0.2) is 4.79 Å². The fourth-order valence-corrected chi connectivity index (χ4v) is 1.58. The average molecular weight is 281 g/mol. The van der Waals surface area contributed by atoms with Crippen molar-refractivity contribution in [1.29, 1.82) is 0 Å². The third kappa shape index (κ3) is 4.46. The maximum atomic E-state index is 11.7. The van der Waals surface area contributed by atoms with E-state index in [1.165, 1.54) is 25.3 Å². The summed E-state index contributed by atoms with van der Waals surface area (Å²) >= 11 is 0. The van der Waals surface area contributed by atoms with Crippen molar-refractivity contribution in [2.45, 2.75) is 32.4 Å². The predicted molar refractivity (Wildman–Crippen MR) is 72.8 cm³/mol. The molecule has 2 N–H and O–H groups in total. The van der Waals surface area contributed by atoms with Gasteiger partial charge < -0.3 is 24.7 Å². The Labute approximate surface area is 117 Å². The number of benzene rings is 1. The van der Waals surface area contributed by atoms with Gasteiger partial charge >= 0.3 is 6.09 Å². The molecule has 0 aliphatic carbocycles. The molecule has 1 rings (SSSR count). The highest BCUT2D eigenvalue weighted by molar-refractivity contribution is 5.75. The monoisotopic (exact) mass is 281 g/mol. The van der Waals surface area contributed by atoms with E-state index >= 15 is 0 Å². The highest BCUT2D eigenvalue weighted by atomic mass is 16.6. The molecule has 6 heteroatoms. The summed E-state index contributed by atoms with van der Waals surface area (Å²) in [5.41, 5.74) is -0.220. The Morgan fingerprint density at radius 1 is 1.40 bits per heavy atom. The minimum Gasteiger partial charge on any atom is -0.508 e. The van der Waals surface area contributed by atoms with Gasteiger partial charge in [0, 0.05) is 11.6 Å². The second-order valence-electron chi connectivity index (χ2n) is 5.19. The number of aldehydes is 1. The van der Waals surface area contributed by atoms with E-state index < -0.39 is 17.7 Å². The Balaban J connectivity index is 2.91. The number of hydrogen-bond donors (Lipinski definition) is 2. The first-order valence-electron chi connectivity index (χ1n) is 6.08. The lowest BCUT2D eigenvalue weighted by Gasteiger charge is -2.22. The number of methoxy groups -OCH3 is 1. The molecule has 1 aromatic rings. The summed E-state index contributed by atoms with van der Waals surface area (Å²) in [7, 11) is 1.41. The molecule has 0 aliphatic rings. The van der Waals surface area contributed by atoms with Crippen LogP contribution in [0.25, 0.3) is 0 Å². The van der Waals surface area contributed by atoms with Crippen molar-refractivity contribution >= 4 is 12.4 Å². The summed E-state index contributed by atoms with van der Waals surface area (Å²) < 4.78 is 10.2. The maximum absolute atomic E-state index is 11.7. The van der Waals surface area contributed by atoms with Crippen LogP contribution in [0.5, 0.6) is 11.5 Å².